The fourth-order valence-electron chi connectivity index (χ4n) is 2.81. The van der Waals surface area contributed by atoms with Gasteiger partial charge in [0.05, 0.1) is 6.20 Å². The third-order valence-electron chi connectivity index (χ3n) is 3.71. The second-order valence-electron chi connectivity index (χ2n) is 4.96. The molecular formula is C12H21N3. The van der Waals surface area contributed by atoms with Crippen molar-refractivity contribution in [2.75, 3.05) is 0 Å². The van der Waals surface area contributed by atoms with Crippen molar-refractivity contribution in [1.29, 1.82) is 0 Å². The monoisotopic (exact) mass is 207 g/mol. The van der Waals surface area contributed by atoms with E-state index in [0.717, 1.165) is 12.3 Å². The smallest absolute Gasteiger partial charge is 0.0522 e. The number of hydrogen-bond acceptors (Lipinski definition) is 2. The average molecular weight is 207 g/mol. The zero-order valence-corrected chi connectivity index (χ0v) is 9.69. The van der Waals surface area contributed by atoms with Crippen LogP contribution >= 0.6 is 0 Å². The summed E-state index contributed by atoms with van der Waals surface area (Å²) in [6, 6.07) is 0.312. The van der Waals surface area contributed by atoms with Gasteiger partial charge in [-0.1, -0.05) is 19.8 Å². The van der Waals surface area contributed by atoms with E-state index in [4.69, 9.17) is 5.73 Å². The Hall–Kier alpha value is -0.830. The van der Waals surface area contributed by atoms with Crippen LogP contribution in [0, 0.1) is 11.8 Å². The van der Waals surface area contributed by atoms with E-state index < -0.39 is 0 Å². The maximum Gasteiger partial charge on any atom is 0.0522 e. The first kappa shape index (κ1) is 10.7. The molecule has 0 spiro atoms. The van der Waals surface area contributed by atoms with Crippen LogP contribution in [0.25, 0.3) is 0 Å². The van der Waals surface area contributed by atoms with Gasteiger partial charge in [-0.3, -0.25) is 4.68 Å². The first-order valence-corrected chi connectivity index (χ1v) is 5.90. The second-order valence-corrected chi connectivity index (χ2v) is 4.96. The van der Waals surface area contributed by atoms with E-state index in [0.29, 0.717) is 12.0 Å². The van der Waals surface area contributed by atoms with Gasteiger partial charge < -0.3 is 5.73 Å². The van der Waals surface area contributed by atoms with Crippen molar-refractivity contribution in [1.82, 2.24) is 9.78 Å². The van der Waals surface area contributed by atoms with Gasteiger partial charge in [0.1, 0.15) is 0 Å². The highest BCUT2D eigenvalue weighted by molar-refractivity contribution is 5.06. The Morgan fingerprint density at radius 3 is 2.93 bits per heavy atom. The molecule has 1 fully saturated rings. The van der Waals surface area contributed by atoms with Crippen LogP contribution in [0.3, 0.4) is 0 Å². The van der Waals surface area contributed by atoms with E-state index in [2.05, 4.69) is 18.2 Å². The van der Waals surface area contributed by atoms with E-state index in [9.17, 15) is 0 Å². The first-order chi connectivity index (χ1) is 7.16. The van der Waals surface area contributed by atoms with Gasteiger partial charge in [0, 0.05) is 19.3 Å². The van der Waals surface area contributed by atoms with Crippen LogP contribution in [0.2, 0.25) is 0 Å². The summed E-state index contributed by atoms with van der Waals surface area (Å²) in [7, 11) is 1.95. The quantitative estimate of drug-likeness (QED) is 0.820. The lowest BCUT2D eigenvalue weighted by Gasteiger charge is -2.22. The second kappa shape index (κ2) is 4.35. The standard InChI is InChI=1S/C12H21N3/c1-9-4-3-5-11(9)12(13)6-10-7-14-15(2)8-10/h7-9,11-12H,3-6,13H2,1-2H3. The minimum Gasteiger partial charge on any atom is -0.327 e. The molecule has 1 heterocycles. The van der Waals surface area contributed by atoms with Crippen LogP contribution in [-0.2, 0) is 13.5 Å². The van der Waals surface area contributed by atoms with Gasteiger partial charge in [-0.2, -0.15) is 5.10 Å². The fourth-order valence-corrected chi connectivity index (χ4v) is 2.81. The molecular weight excluding hydrogens is 186 g/mol. The molecule has 3 atom stereocenters. The Bertz CT molecular complexity index is 318. The number of nitrogens with two attached hydrogens (primary N) is 1. The lowest BCUT2D eigenvalue weighted by molar-refractivity contribution is 0.343. The summed E-state index contributed by atoms with van der Waals surface area (Å²) < 4.78 is 1.85. The summed E-state index contributed by atoms with van der Waals surface area (Å²) >= 11 is 0. The molecule has 2 rings (SSSR count). The molecule has 2 N–H and O–H groups in total. The van der Waals surface area contributed by atoms with E-state index in [1.807, 2.05) is 17.9 Å². The summed E-state index contributed by atoms with van der Waals surface area (Å²) in [6.07, 6.45) is 8.99. The molecule has 84 valence electrons. The Labute approximate surface area is 91.7 Å². The van der Waals surface area contributed by atoms with Crippen LogP contribution in [0.15, 0.2) is 12.4 Å². The van der Waals surface area contributed by atoms with Crippen molar-refractivity contribution in [2.24, 2.45) is 24.6 Å². The molecule has 1 aliphatic carbocycles. The Morgan fingerprint density at radius 1 is 1.60 bits per heavy atom. The number of nitrogens with zero attached hydrogens (tertiary/aromatic N) is 2. The predicted molar refractivity (Wildman–Crippen MR) is 61.4 cm³/mol. The molecule has 3 nitrogen and oxygen atoms in total. The van der Waals surface area contributed by atoms with E-state index in [1.54, 1.807) is 0 Å². The Morgan fingerprint density at radius 2 is 2.40 bits per heavy atom. The van der Waals surface area contributed by atoms with Crippen LogP contribution < -0.4 is 5.73 Å². The zero-order chi connectivity index (χ0) is 10.8. The maximum absolute atomic E-state index is 6.27. The molecule has 3 heteroatoms. The van der Waals surface area contributed by atoms with Gasteiger partial charge in [-0.25, -0.2) is 0 Å². The number of aromatic nitrogens is 2. The van der Waals surface area contributed by atoms with Crippen LogP contribution in [0.1, 0.15) is 31.7 Å². The normalized spacial score (nSPS) is 28.2. The zero-order valence-electron chi connectivity index (χ0n) is 9.69. The van der Waals surface area contributed by atoms with Gasteiger partial charge in [0.25, 0.3) is 0 Å². The lowest BCUT2D eigenvalue weighted by atomic mass is 9.88. The van der Waals surface area contributed by atoms with Crippen molar-refractivity contribution in [3.8, 4) is 0 Å². The first-order valence-electron chi connectivity index (χ1n) is 5.90. The van der Waals surface area contributed by atoms with Crippen molar-refractivity contribution in [3.63, 3.8) is 0 Å². The van der Waals surface area contributed by atoms with Gasteiger partial charge in [0.15, 0.2) is 0 Å². The molecule has 1 saturated carbocycles. The lowest BCUT2D eigenvalue weighted by Crippen LogP contribution is -2.33. The minimum atomic E-state index is 0.312. The van der Waals surface area contributed by atoms with Gasteiger partial charge in [0.2, 0.25) is 0 Å². The fraction of sp³-hybridized carbons (Fsp3) is 0.750. The van der Waals surface area contributed by atoms with E-state index >= 15 is 0 Å². The number of hydrogen-bond donors (Lipinski definition) is 1. The number of aryl methyl sites for hydroxylation is 1. The summed E-state index contributed by atoms with van der Waals surface area (Å²) in [5.41, 5.74) is 7.54. The third kappa shape index (κ3) is 2.40. The minimum absolute atomic E-state index is 0.312. The molecule has 0 radical (unpaired) electrons. The van der Waals surface area contributed by atoms with Crippen molar-refractivity contribution >= 4 is 0 Å². The van der Waals surface area contributed by atoms with Gasteiger partial charge in [-0.15, -0.1) is 0 Å². The average Bonchev–Trinajstić information content (AvgIpc) is 2.75. The molecule has 0 bridgehead atoms. The molecule has 1 aromatic heterocycles. The SMILES string of the molecule is CC1CCCC1C(N)Cc1cnn(C)c1. The largest absolute Gasteiger partial charge is 0.327 e. The third-order valence-corrected chi connectivity index (χ3v) is 3.71. The van der Waals surface area contributed by atoms with E-state index in [-0.39, 0.29) is 0 Å². The Balaban J connectivity index is 1.94. The topological polar surface area (TPSA) is 43.8 Å². The van der Waals surface area contributed by atoms with Crippen LogP contribution in [0.4, 0.5) is 0 Å². The van der Waals surface area contributed by atoms with Crippen molar-refractivity contribution < 1.29 is 0 Å². The molecule has 15 heavy (non-hydrogen) atoms. The maximum atomic E-state index is 6.27. The highest BCUT2D eigenvalue weighted by Gasteiger charge is 2.28. The van der Waals surface area contributed by atoms with E-state index in [1.165, 1.54) is 24.8 Å². The molecule has 0 aliphatic heterocycles. The summed E-state index contributed by atoms with van der Waals surface area (Å²) in [6.45, 7) is 2.33. The van der Waals surface area contributed by atoms with Crippen molar-refractivity contribution in [3.05, 3.63) is 18.0 Å². The highest BCUT2D eigenvalue weighted by Crippen LogP contribution is 2.33. The molecule has 0 amide bonds. The van der Waals surface area contributed by atoms with Crippen molar-refractivity contribution in [2.45, 2.75) is 38.6 Å². The Kier molecular flexibility index (Phi) is 3.10. The van der Waals surface area contributed by atoms with Gasteiger partial charge in [-0.05, 0) is 30.2 Å². The van der Waals surface area contributed by atoms with Crippen LogP contribution in [-0.4, -0.2) is 15.8 Å². The summed E-state index contributed by atoms with van der Waals surface area (Å²) in [5, 5.41) is 4.18. The molecule has 3 unspecified atom stereocenters. The summed E-state index contributed by atoms with van der Waals surface area (Å²) in [5.74, 6) is 1.52. The molecule has 0 aromatic carbocycles. The highest BCUT2D eigenvalue weighted by atomic mass is 15.2. The van der Waals surface area contributed by atoms with Crippen LogP contribution in [0.5, 0.6) is 0 Å². The predicted octanol–water partition coefficient (Wildman–Crippen LogP) is 1.73. The molecule has 1 aliphatic rings. The van der Waals surface area contributed by atoms with Gasteiger partial charge >= 0.3 is 0 Å². The number of rotatable bonds is 3. The summed E-state index contributed by atoms with van der Waals surface area (Å²) in [4.78, 5) is 0. The molecule has 1 aromatic rings. The molecule has 0 saturated heterocycles.